The lowest BCUT2D eigenvalue weighted by Crippen LogP contribution is -2.47. The Hall–Kier alpha value is -0.750. The molecule has 3 amide bonds. The van der Waals surface area contributed by atoms with Gasteiger partial charge in [0, 0.05) is 11.3 Å². The van der Waals surface area contributed by atoms with Crippen LogP contribution in [-0.4, -0.2) is 36.0 Å². The molecular weight excluding hydrogens is 226 g/mol. The summed E-state index contributed by atoms with van der Waals surface area (Å²) in [6, 6.07) is -0.431. The van der Waals surface area contributed by atoms with Crippen LogP contribution in [0.25, 0.3) is 0 Å². The quantitative estimate of drug-likeness (QED) is 0.671. The lowest BCUT2D eigenvalue weighted by Gasteiger charge is -2.30. The normalized spacial score (nSPS) is 25.1. The van der Waals surface area contributed by atoms with E-state index in [9.17, 15) is 9.59 Å². The van der Waals surface area contributed by atoms with Gasteiger partial charge in [0.25, 0.3) is 0 Å². The topological polar surface area (TPSA) is 84.2 Å². The van der Waals surface area contributed by atoms with Crippen LogP contribution in [0.15, 0.2) is 0 Å². The number of nitrogens with one attached hydrogen (secondary N) is 2. The van der Waals surface area contributed by atoms with Crippen molar-refractivity contribution < 1.29 is 9.59 Å². The van der Waals surface area contributed by atoms with Gasteiger partial charge in [-0.05, 0) is 19.1 Å². The number of hydrogen-bond acceptors (Lipinski definition) is 4. The lowest BCUT2D eigenvalue weighted by molar-refractivity contribution is -0.119. The molecule has 0 aliphatic heterocycles. The van der Waals surface area contributed by atoms with Gasteiger partial charge >= 0.3 is 6.03 Å². The summed E-state index contributed by atoms with van der Waals surface area (Å²) in [4.78, 5) is 21.6. The number of urea groups is 1. The number of hydrogen-bond donors (Lipinski definition) is 3. The Labute approximate surface area is 99.9 Å². The van der Waals surface area contributed by atoms with Crippen LogP contribution in [0.2, 0.25) is 0 Å². The van der Waals surface area contributed by atoms with Crippen LogP contribution in [0.5, 0.6) is 0 Å². The fraction of sp³-hybridized carbons (Fsp3) is 0.800. The number of primary amides is 1. The van der Waals surface area contributed by atoms with E-state index in [1.165, 1.54) is 19.3 Å². The van der Waals surface area contributed by atoms with E-state index in [0.29, 0.717) is 11.3 Å². The number of rotatable bonds is 4. The molecule has 1 fully saturated rings. The van der Waals surface area contributed by atoms with Crippen molar-refractivity contribution in [1.82, 2.24) is 10.6 Å². The summed E-state index contributed by atoms with van der Waals surface area (Å²) in [6.45, 7) is 0.157. The standard InChI is InChI=1S/C10H19N3O2S/c1-16-8-5-3-2-4-7(8)12-6-9(14)13-10(11)15/h7-8,12H,2-6H2,1H3,(H3,11,13,14,15). The number of carbonyl (C=O) groups is 2. The summed E-state index contributed by atoms with van der Waals surface area (Å²) < 4.78 is 0. The summed E-state index contributed by atoms with van der Waals surface area (Å²) in [5.41, 5.74) is 4.85. The third-order valence-electron chi connectivity index (χ3n) is 2.79. The molecule has 92 valence electrons. The zero-order chi connectivity index (χ0) is 12.0. The zero-order valence-electron chi connectivity index (χ0n) is 9.49. The SMILES string of the molecule is CSC1CCCCC1NCC(=O)NC(N)=O. The Morgan fingerprint density at radius 1 is 1.38 bits per heavy atom. The Morgan fingerprint density at radius 3 is 2.69 bits per heavy atom. The maximum absolute atomic E-state index is 11.2. The average Bonchev–Trinajstić information content (AvgIpc) is 2.26. The Morgan fingerprint density at radius 2 is 2.06 bits per heavy atom. The second-order valence-electron chi connectivity index (χ2n) is 3.96. The Kier molecular flexibility index (Phi) is 5.62. The molecule has 1 rings (SSSR count). The van der Waals surface area contributed by atoms with Crippen molar-refractivity contribution in [3.8, 4) is 0 Å². The molecule has 0 bridgehead atoms. The second kappa shape index (κ2) is 6.75. The molecule has 1 aliphatic carbocycles. The van der Waals surface area contributed by atoms with Gasteiger partial charge in [0.2, 0.25) is 5.91 Å². The van der Waals surface area contributed by atoms with E-state index in [1.807, 2.05) is 17.1 Å². The van der Waals surface area contributed by atoms with Gasteiger partial charge < -0.3 is 11.1 Å². The van der Waals surface area contributed by atoms with E-state index in [0.717, 1.165) is 6.42 Å². The first-order valence-corrected chi connectivity index (χ1v) is 6.77. The van der Waals surface area contributed by atoms with Crippen molar-refractivity contribution in [3.63, 3.8) is 0 Å². The molecule has 0 aromatic heterocycles. The molecule has 4 N–H and O–H groups in total. The Balaban J connectivity index is 2.29. The summed E-state index contributed by atoms with van der Waals surface area (Å²) >= 11 is 1.83. The number of imide groups is 1. The third-order valence-corrected chi connectivity index (χ3v) is 3.96. The second-order valence-corrected chi connectivity index (χ2v) is 5.04. The molecule has 6 heteroatoms. The van der Waals surface area contributed by atoms with Crippen LogP contribution in [0, 0.1) is 0 Å². The first-order chi connectivity index (χ1) is 7.63. The fourth-order valence-electron chi connectivity index (χ4n) is 2.02. The summed E-state index contributed by atoms with van der Waals surface area (Å²) in [6.07, 6.45) is 6.84. The average molecular weight is 245 g/mol. The first kappa shape index (κ1) is 13.3. The minimum atomic E-state index is -0.795. The van der Waals surface area contributed by atoms with Crippen molar-refractivity contribution in [2.45, 2.75) is 37.0 Å². The highest BCUT2D eigenvalue weighted by atomic mass is 32.2. The van der Waals surface area contributed by atoms with Gasteiger partial charge in [0.1, 0.15) is 0 Å². The van der Waals surface area contributed by atoms with Crippen molar-refractivity contribution in [2.75, 3.05) is 12.8 Å². The van der Waals surface area contributed by atoms with Crippen LogP contribution >= 0.6 is 11.8 Å². The van der Waals surface area contributed by atoms with Crippen LogP contribution in [0.3, 0.4) is 0 Å². The molecule has 0 spiro atoms. The molecule has 16 heavy (non-hydrogen) atoms. The van der Waals surface area contributed by atoms with E-state index in [1.54, 1.807) is 0 Å². The van der Waals surface area contributed by atoms with E-state index in [-0.39, 0.29) is 12.5 Å². The largest absolute Gasteiger partial charge is 0.351 e. The minimum absolute atomic E-state index is 0.157. The highest BCUT2D eigenvalue weighted by Crippen LogP contribution is 2.26. The van der Waals surface area contributed by atoms with Gasteiger partial charge in [0.15, 0.2) is 0 Å². The van der Waals surface area contributed by atoms with Crippen molar-refractivity contribution >= 4 is 23.7 Å². The van der Waals surface area contributed by atoms with Gasteiger partial charge in [-0.25, -0.2) is 4.79 Å². The van der Waals surface area contributed by atoms with E-state index < -0.39 is 6.03 Å². The molecule has 2 atom stereocenters. The van der Waals surface area contributed by atoms with E-state index in [4.69, 9.17) is 5.73 Å². The van der Waals surface area contributed by atoms with Crippen molar-refractivity contribution in [3.05, 3.63) is 0 Å². The van der Waals surface area contributed by atoms with Crippen molar-refractivity contribution in [2.24, 2.45) is 5.73 Å². The smallest absolute Gasteiger partial charge is 0.318 e. The monoisotopic (exact) mass is 245 g/mol. The van der Waals surface area contributed by atoms with Crippen LogP contribution in [0.1, 0.15) is 25.7 Å². The maximum Gasteiger partial charge on any atom is 0.318 e. The minimum Gasteiger partial charge on any atom is -0.351 e. The van der Waals surface area contributed by atoms with E-state index >= 15 is 0 Å². The zero-order valence-corrected chi connectivity index (χ0v) is 10.3. The number of amides is 3. The fourth-order valence-corrected chi connectivity index (χ4v) is 2.98. The number of nitrogens with two attached hydrogens (primary N) is 1. The van der Waals surface area contributed by atoms with Gasteiger partial charge in [-0.1, -0.05) is 12.8 Å². The molecule has 5 nitrogen and oxygen atoms in total. The maximum atomic E-state index is 11.2. The van der Waals surface area contributed by atoms with Gasteiger partial charge in [-0.2, -0.15) is 11.8 Å². The van der Waals surface area contributed by atoms with Crippen LogP contribution in [0.4, 0.5) is 4.79 Å². The molecule has 2 unspecified atom stereocenters. The lowest BCUT2D eigenvalue weighted by atomic mass is 9.95. The van der Waals surface area contributed by atoms with Crippen LogP contribution < -0.4 is 16.4 Å². The first-order valence-electron chi connectivity index (χ1n) is 5.49. The molecule has 0 aromatic rings. The molecule has 1 saturated carbocycles. The predicted octanol–water partition coefficient (Wildman–Crippen LogP) is 0.445. The summed E-state index contributed by atoms with van der Waals surface area (Å²) in [5, 5.41) is 5.80. The van der Waals surface area contributed by atoms with Crippen LogP contribution in [-0.2, 0) is 4.79 Å². The Bertz CT molecular complexity index is 260. The van der Waals surface area contributed by atoms with Gasteiger partial charge in [0.05, 0.1) is 6.54 Å². The van der Waals surface area contributed by atoms with Crippen molar-refractivity contribution in [1.29, 1.82) is 0 Å². The van der Waals surface area contributed by atoms with E-state index in [2.05, 4.69) is 11.6 Å². The van der Waals surface area contributed by atoms with Gasteiger partial charge in [-0.15, -0.1) is 0 Å². The molecule has 0 heterocycles. The highest BCUT2D eigenvalue weighted by molar-refractivity contribution is 7.99. The summed E-state index contributed by atoms with van der Waals surface area (Å²) in [7, 11) is 0. The number of thioether (sulfide) groups is 1. The highest BCUT2D eigenvalue weighted by Gasteiger charge is 2.24. The van der Waals surface area contributed by atoms with Gasteiger partial charge in [-0.3, -0.25) is 10.1 Å². The molecular formula is C10H19N3O2S. The summed E-state index contributed by atoms with van der Waals surface area (Å²) in [5.74, 6) is -0.363. The predicted molar refractivity (Wildman–Crippen MR) is 65.3 cm³/mol. The number of carbonyl (C=O) groups excluding carboxylic acids is 2. The molecule has 0 saturated heterocycles. The third kappa shape index (κ3) is 4.40. The molecule has 0 aromatic carbocycles. The molecule has 0 radical (unpaired) electrons. The molecule has 1 aliphatic rings.